The van der Waals surface area contributed by atoms with Gasteiger partial charge in [0, 0.05) is 29.4 Å². The molecular formula is C25H24FN3O6. The van der Waals surface area contributed by atoms with Gasteiger partial charge in [0.2, 0.25) is 23.5 Å². The van der Waals surface area contributed by atoms with Crippen LogP contribution in [0.15, 0.2) is 30.3 Å². The average Bonchev–Trinajstić information content (AvgIpc) is 3.56. The van der Waals surface area contributed by atoms with Crippen LogP contribution >= 0.6 is 0 Å². The Balaban J connectivity index is 1.53. The van der Waals surface area contributed by atoms with Gasteiger partial charge in [-0.2, -0.15) is 0 Å². The predicted molar refractivity (Wildman–Crippen MR) is 122 cm³/mol. The lowest BCUT2D eigenvalue weighted by atomic mass is 9.75. The zero-order valence-corrected chi connectivity index (χ0v) is 19.5. The highest BCUT2D eigenvalue weighted by molar-refractivity contribution is 6.26. The topological polar surface area (TPSA) is 97.4 Å². The predicted octanol–water partition coefficient (Wildman–Crippen LogP) is 2.28. The molecular weight excluding hydrogens is 457 g/mol. The molecule has 10 heteroatoms. The third-order valence-corrected chi connectivity index (χ3v) is 7.86. The number of rotatable bonds is 4. The number of amides is 3. The summed E-state index contributed by atoms with van der Waals surface area (Å²) in [6.45, 7) is 0.547. The first kappa shape index (κ1) is 21.8. The monoisotopic (exact) mass is 481 g/mol. The van der Waals surface area contributed by atoms with E-state index in [1.54, 1.807) is 12.1 Å². The third-order valence-electron chi connectivity index (χ3n) is 7.86. The summed E-state index contributed by atoms with van der Waals surface area (Å²) >= 11 is 0. The van der Waals surface area contributed by atoms with E-state index in [-0.39, 0.29) is 17.6 Å². The second-order valence-electron chi connectivity index (χ2n) is 9.21. The molecule has 3 fully saturated rings. The molecule has 1 spiro atoms. The Labute approximate surface area is 200 Å². The first-order valence-electron chi connectivity index (χ1n) is 11.4. The molecule has 1 N–H and O–H groups in total. The van der Waals surface area contributed by atoms with Crippen LogP contribution in [0.4, 0.5) is 15.8 Å². The highest BCUT2D eigenvalue weighted by Gasteiger charge is 2.74. The van der Waals surface area contributed by atoms with Crippen LogP contribution < -0.4 is 24.4 Å². The minimum atomic E-state index is -1.44. The van der Waals surface area contributed by atoms with Crippen LogP contribution in [0.5, 0.6) is 17.2 Å². The highest BCUT2D eigenvalue weighted by atomic mass is 19.1. The maximum Gasteiger partial charge on any atom is 0.250 e. The van der Waals surface area contributed by atoms with E-state index in [2.05, 4.69) is 5.32 Å². The second-order valence-corrected chi connectivity index (χ2v) is 9.21. The molecule has 35 heavy (non-hydrogen) atoms. The molecule has 6 rings (SSSR count). The Morgan fingerprint density at radius 3 is 2.37 bits per heavy atom. The zero-order valence-electron chi connectivity index (χ0n) is 19.5. The van der Waals surface area contributed by atoms with E-state index < -0.39 is 35.0 Å². The van der Waals surface area contributed by atoms with Crippen LogP contribution in [0.3, 0.4) is 0 Å². The molecule has 0 aliphatic carbocycles. The van der Waals surface area contributed by atoms with Crippen LogP contribution in [0.2, 0.25) is 0 Å². The Bertz CT molecular complexity index is 1270. The molecule has 4 aliphatic heterocycles. The van der Waals surface area contributed by atoms with E-state index >= 15 is 0 Å². The molecule has 9 nitrogen and oxygen atoms in total. The standard InChI is InChI=1S/C25H24FN3O6/c1-33-17-10-13(11-18(34-2)21(17)35-3)29-22(30)19-16-5-4-8-28(16)25(20(19)23(29)31)14-9-12(26)6-7-15(14)27-24(25)32/h6-7,9-11,16,19-20H,4-5,8H2,1-3H3,(H,27,32). The number of anilines is 2. The number of carbonyl (C=O) groups is 3. The minimum absolute atomic E-state index is 0.265. The van der Waals surface area contributed by atoms with Gasteiger partial charge in [0.25, 0.3) is 0 Å². The molecule has 0 bridgehead atoms. The van der Waals surface area contributed by atoms with Crippen LogP contribution in [0.1, 0.15) is 18.4 Å². The fourth-order valence-electron chi connectivity index (χ4n) is 6.63. The van der Waals surface area contributed by atoms with Crippen molar-refractivity contribution in [2.75, 3.05) is 38.1 Å². The van der Waals surface area contributed by atoms with Gasteiger partial charge in [-0.1, -0.05) is 0 Å². The normalized spacial score (nSPS) is 28.9. The number of hydrogen-bond acceptors (Lipinski definition) is 7. The van der Waals surface area contributed by atoms with Gasteiger partial charge in [0.1, 0.15) is 11.4 Å². The first-order chi connectivity index (χ1) is 16.9. The summed E-state index contributed by atoms with van der Waals surface area (Å²) in [4.78, 5) is 44.6. The van der Waals surface area contributed by atoms with Gasteiger partial charge < -0.3 is 19.5 Å². The van der Waals surface area contributed by atoms with Gasteiger partial charge in [-0.05, 0) is 37.6 Å². The Morgan fingerprint density at radius 2 is 1.71 bits per heavy atom. The summed E-state index contributed by atoms with van der Waals surface area (Å²) in [6, 6.07) is 6.87. The molecule has 4 unspecified atom stereocenters. The number of ether oxygens (including phenoxy) is 3. The van der Waals surface area contributed by atoms with Gasteiger partial charge in [-0.3, -0.25) is 19.3 Å². The number of hydrogen-bond donors (Lipinski definition) is 1. The van der Waals surface area contributed by atoms with Crippen molar-refractivity contribution >= 4 is 29.1 Å². The Morgan fingerprint density at radius 1 is 1.00 bits per heavy atom. The minimum Gasteiger partial charge on any atom is -0.493 e. The van der Waals surface area contributed by atoms with Crippen molar-refractivity contribution < 1.29 is 33.0 Å². The van der Waals surface area contributed by atoms with E-state index in [4.69, 9.17) is 14.2 Å². The van der Waals surface area contributed by atoms with Crippen molar-refractivity contribution in [1.82, 2.24) is 4.90 Å². The summed E-state index contributed by atoms with van der Waals surface area (Å²) in [5.41, 5.74) is -0.295. The van der Waals surface area contributed by atoms with E-state index in [0.29, 0.717) is 41.5 Å². The molecule has 0 radical (unpaired) electrons. The molecule has 0 saturated carbocycles. The lowest BCUT2D eigenvalue weighted by Crippen LogP contribution is -2.54. The fourth-order valence-corrected chi connectivity index (χ4v) is 6.63. The molecule has 3 saturated heterocycles. The number of imide groups is 1. The molecule has 182 valence electrons. The summed E-state index contributed by atoms with van der Waals surface area (Å²) < 4.78 is 30.6. The average molecular weight is 481 g/mol. The lowest BCUT2D eigenvalue weighted by molar-refractivity contribution is -0.135. The highest BCUT2D eigenvalue weighted by Crippen LogP contribution is 2.61. The van der Waals surface area contributed by atoms with E-state index in [0.717, 1.165) is 11.3 Å². The summed E-state index contributed by atoms with van der Waals surface area (Å²) in [5.74, 6) is -2.59. The van der Waals surface area contributed by atoms with Crippen molar-refractivity contribution in [3.8, 4) is 17.2 Å². The van der Waals surface area contributed by atoms with Crippen LogP contribution in [0, 0.1) is 17.7 Å². The molecule has 3 amide bonds. The largest absolute Gasteiger partial charge is 0.493 e. The van der Waals surface area contributed by atoms with Gasteiger partial charge >= 0.3 is 0 Å². The molecule has 2 aromatic rings. The van der Waals surface area contributed by atoms with E-state index in [1.165, 1.54) is 39.5 Å². The van der Waals surface area contributed by atoms with Crippen LogP contribution in [-0.4, -0.2) is 56.5 Å². The first-order valence-corrected chi connectivity index (χ1v) is 11.4. The Kier molecular flexibility index (Phi) is 4.63. The molecule has 0 aromatic heterocycles. The number of halogens is 1. The number of carbonyl (C=O) groups excluding carboxylic acids is 3. The maximum atomic E-state index is 14.4. The van der Waals surface area contributed by atoms with Crippen molar-refractivity contribution in [2.24, 2.45) is 11.8 Å². The molecule has 2 aromatic carbocycles. The van der Waals surface area contributed by atoms with E-state index in [9.17, 15) is 18.8 Å². The number of methoxy groups -OCH3 is 3. The number of fused-ring (bicyclic) bond motifs is 7. The fraction of sp³-hybridized carbons (Fsp3) is 0.400. The zero-order chi connectivity index (χ0) is 24.6. The lowest BCUT2D eigenvalue weighted by Gasteiger charge is -2.36. The number of benzene rings is 2. The summed E-state index contributed by atoms with van der Waals surface area (Å²) in [6.07, 6.45) is 1.45. The van der Waals surface area contributed by atoms with Crippen molar-refractivity contribution in [1.29, 1.82) is 0 Å². The maximum absolute atomic E-state index is 14.4. The van der Waals surface area contributed by atoms with Crippen molar-refractivity contribution in [2.45, 2.75) is 24.4 Å². The molecule has 4 aliphatic rings. The second kappa shape index (κ2) is 7.42. The smallest absolute Gasteiger partial charge is 0.250 e. The summed E-state index contributed by atoms with van der Waals surface area (Å²) in [7, 11) is 4.36. The van der Waals surface area contributed by atoms with Crippen molar-refractivity contribution in [3.63, 3.8) is 0 Å². The number of nitrogens with zero attached hydrogens (tertiary/aromatic N) is 2. The summed E-state index contributed by atoms with van der Waals surface area (Å²) in [5, 5.41) is 2.84. The van der Waals surface area contributed by atoms with Crippen LogP contribution in [-0.2, 0) is 19.9 Å². The Hall–Kier alpha value is -3.66. The molecule has 4 atom stereocenters. The van der Waals surface area contributed by atoms with Gasteiger partial charge in [-0.15, -0.1) is 0 Å². The molecule has 4 heterocycles. The number of nitrogens with one attached hydrogen (secondary N) is 1. The SMILES string of the molecule is COc1cc(N2C(=O)C3C4CCCN4C4(C(=O)Nc5ccc(F)cc54)C3C2=O)cc(OC)c1OC. The third kappa shape index (κ3) is 2.57. The van der Waals surface area contributed by atoms with Gasteiger partial charge in [0.05, 0.1) is 38.9 Å². The van der Waals surface area contributed by atoms with Crippen molar-refractivity contribution in [3.05, 3.63) is 41.7 Å². The van der Waals surface area contributed by atoms with Crippen LogP contribution in [0.25, 0.3) is 0 Å². The van der Waals surface area contributed by atoms with E-state index in [1.807, 2.05) is 4.90 Å². The van der Waals surface area contributed by atoms with Gasteiger partial charge in [0.15, 0.2) is 11.5 Å². The quantitative estimate of drug-likeness (QED) is 0.670. The van der Waals surface area contributed by atoms with Gasteiger partial charge in [-0.25, -0.2) is 9.29 Å².